The van der Waals surface area contributed by atoms with Crippen LogP contribution in [0.3, 0.4) is 0 Å². The van der Waals surface area contributed by atoms with Crippen molar-refractivity contribution in [2.24, 2.45) is 0 Å². The van der Waals surface area contributed by atoms with E-state index in [1.165, 1.54) is 42.9 Å². The number of fused-ring (bicyclic) bond motifs is 1. The molecule has 0 aliphatic carbocycles. The van der Waals surface area contributed by atoms with Gasteiger partial charge in [-0.05, 0) is 63.8 Å². The van der Waals surface area contributed by atoms with Crippen molar-refractivity contribution in [2.45, 2.75) is 66.5 Å². The van der Waals surface area contributed by atoms with Crippen molar-refractivity contribution >= 4 is 17.2 Å². The summed E-state index contributed by atoms with van der Waals surface area (Å²) >= 11 is 0. The van der Waals surface area contributed by atoms with Gasteiger partial charge in [0.1, 0.15) is 11.3 Å². The molecule has 3 heterocycles. The third kappa shape index (κ3) is 5.76. The van der Waals surface area contributed by atoms with Gasteiger partial charge in [-0.1, -0.05) is 43.3 Å². The maximum absolute atomic E-state index is 4.87. The summed E-state index contributed by atoms with van der Waals surface area (Å²) in [5, 5.41) is 0. The Kier molecular flexibility index (Phi) is 7.54. The standard InChI is InChI=1S/C29H41N5/c1-7-26-31-27-22(2)20-23(3)30-28(27)34(26)21-25-13-11-24(12-14-25)10-8-9-15-32-16-18-33(19-17-32)29(4,5)6/h8,10-14,20H,7,9,15-19,21H2,1-6H3/b10-8+. The van der Waals surface area contributed by atoms with Gasteiger partial charge in [-0.2, -0.15) is 0 Å². The molecule has 1 aliphatic rings. The minimum absolute atomic E-state index is 0.287. The van der Waals surface area contributed by atoms with Gasteiger partial charge in [0.05, 0.1) is 6.54 Å². The lowest BCUT2D eigenvalue weighted by Gasteiger charge is -2.42. The molecule has 0 spiro atoms. The van der Waals surface area contributed by atoms with Crippen molar-refractivity contribution in [3.8, 4) is 0 Å². The number of nitrogens with zero attached hydrogens (tertiary/aromatic N) is 5. The molecule has 182 valence electrons. The molecule has 0 atom stereocenters. The first-order chi connectivity index (χ1) is 16.2. The van der Waals surface area contributed by atoms with Crippen LogP contribution < -0.4 is 0 Å². The Hall–Kier alpha value is -2.50. The van der Waals surface area contributed by atoms with Crippen LogP contribution >= 0.6 is 0 Å². The molecule has 4 rings (SSSR count). The summed E-state index contributed by atoms with van der Waals surface area (Å²) in [7, 11) is 0. The van der Waals surface area contributed by atoms with E-state index < -0.39 is 0 Å². The third-order valence-electron chi connectivity index (χ3n) is 6.98. The second-order valence-electron chi connectivity index (χ2n) is 10.7. The van der Waals surface area contributed by atoms with Gasteiger partial charge in [0.15, 0.2) is 5.65 Å². The molecule has 0 bridgehead atoms. The van der Waals surface area contributed by atoms with Crippen LogP contribution in [0.2, 0.25) is 0 Å². The van der Waals surface area contributed by atoms with Gasteiger partial charge < -0.3 is 9.47 Å². The number of piperazine rings is 1. The van der Waals surface area contributed by atoms with Gasteiger partial charge in [-0.15, -0.1) is 0 Å². The third-order valence-corrected chi connectivity index (χ3v) is 6.98. The highest BCUT2D eigenvalue weighted by Crippen LogP contribution is 2.21. The zero-order valence-electron chi connectivity index (χ0n) is 21.9. The van der Waals surface area contributed by atoms with Crippen molar-refractivity contribution < 1.29 is 0 Å². The molecule has 0 N–H and O–H groups in total. The van der Waals surface area contributed by atoms with Crippen molar-refractivity contribution in [3.63, 3.8) is 0 Å². The molecule has 1 saturated heterocycles. The van der Waals surface area contributed by atoms with Crippen LogP contribution in [-0.4, -0.2) is 62.6 Å². The van der Waals surface area contributed by atoms with Crippen molar-refractivity contribution in [1.29, 1.82) is 0 Å². The molecule has 0 unspecified atom stereocenters. The molecule has 0 radical (unpaired) electrons. The van der Waals surface area contributed by atoms with E-state index in [9.17, 15) is 0 Å². The average molecular weight is 460 g/mol. The monoisotopic (exact) mass is 459 g/mol. The molecule has 0 saturated carbocycles. The first kappa shape index (κ1) is 24.6. The molecule has 1 aromatic carbocycles. The lowest BCUT2D eigenvalue weighted by atomic mass is 10.0. The number of hydrogen-bond acceptors (Lipinski definition) is 4. The minimum atomic E-state index is 0.287. The maximum atomic E-state index is 4.87. The second kappa shape index (κ2) is 10.4. The van der Waals surface area contributed by atoms with Crippen LogP contribution in [-0.2, 0) is 13.0 Å². The van der Waals surface area contributed by atoms with E-state index in [1.54, 1.807) is 0 Å². The molecule has 34 heavy (non-hydrogen) atoms. The number of imidazole rings is 1. The Morgan fingerprint density at radius 2 is 1.68 bits per heavy atom. The van der Waals surface area contributed by atoms with E-state index in [2.05, 4.69) is 98.4 Å². The van der Waals surface area contributed by atoms with Gasteiger partial charge in [0, 0.05) is 50.4 Å². The molecule has 2 aromatic heterocycles. The van der Waals surface area contributed by atoms with E-state index >= 15 is 0 Å². The lowest BCUT2D eigenvalue weighted by Crippen LogP contribution is -2.53. The highest BCUT2D eigenvalue weighted by Gasteiger charge is 2.25. The summed E-state index contributed by atoms with van der Waals surface area (Å²) in [6.07, 6.45) is 6.58. The van der Waals surface area contributed by atoms with Crippen LogP contribution in [0, 0.1) is 13.8 Å². The Balaban J connectivity index is 1.33. The van der Waals surface area contributed by atoms with Crippen LogP contribution in [0.5, 0.6) is 0 Å². The fraction of sp³-hybridized carbons (Fsp3) is 0.517. The minimum Gasteiger partial charge on any atom is -0.308 e. The largest absolute Gasteiger partial charge is 0.308 e. The molecule has 1 aliphatic heterocycles. The number of aryl methyl sites for hydroxylation is 3. The number of hydrogen-bond donors (Lipinski definition) is 0. The first-order valence-electron chi connectivity index (χ1n) is 12.8. The molecule has 3 aromatic rings. The molecule has 5 heteroatoms. The predicted octanol–water partition coefficient (Wildman–Crippen LogP) is 5.48. The maximum Gasteiger partial charge on any atom is 0.160 e. The van der Waals surface area contributed by atoms with E-state index in [1.807, 2.05) is 0 Å². The van der Waals surface area contributed by atoms with E-state index in [0.717, 1.165) is 48.6 Å². The van der Waals surface area contributed by atoms with Gasteiger partial charge in [-0.3, -0.25) is 4.90 Å². The number of benzene rings is 1. The van der Waals surface area contributed by atoms with Gasteiger partial charge in [-0.25, -0.2) is 9.97 Å². The summed E-state index contributed by atoms with van der Waals surface area (Å²) in [6, 6.07) is 11.0. The first-order valence-corrected chi connectivity index (χ1v) is 12.8. The fourth-order valence-corrected chi connectivity index (χ4v) is 4.92. The second-order valence-corrected chi connectivity index (χ2v) is 10.7. The number of rotatable bonds is 7. The Morgan fingerprint density at radius 1 is 0.971 bits per heavy atom. The summed E-state index contributed by atoms with van der Waals surface area (Å²) in [5.74, 6) is 1.10. The molecule has 5 nitrogen and oxygen atoms in total. The Morgan fingerprint density at radius 3 is 2.32 bits per heavy atom. The topological polar surface area (TPSA) is 37.2 Å². The Labute approximate surface area is 205 Å². The summed E-state index contributed by atoms with van der Waals surface area (Å²) in [6.45, 7) is 20.0. The predicted molar refractivity (Wildman–Crippen MR) is 143 cm³/mol. The van der Waals surface area contributed by atoms with Crippen molar-refractivity contribution in [3.05, 3.63) is 64.6 Å². The molecular weight excluding hydrogens is 418 g/mol. The zero-order valence-corrected chi connectivity index (χ0v) is 21.9. The van der Waals surface area contributed by atoms with Gasteiger partial charge in [0.25, 0.3) is 0 Å². The highest BCUT2D eigenvalue weighted by atomic mass is 15.3. The van der Waals surface area contributed by atoms with Crippen molar-refractivity contribution in [2.75, 3.05) is 32.7 Å². The quantitative estimate of drug-likeness (QED) is 0.469. The van der Waals surface area contributed by atoms with E-state index in [0.29, 0.717) is 0 Å². The number of aromatic nitrogens is 3. The summed E-state index contributed by atoms with van der Waals surface area (Å²) in [4.78, 5) is 14.9. The normalized spacial score (nSPS) is 16.2. The van der Waals surface area contributed by atoms with Crippen molar-refractivity contribution in [1.82, 2.24) is 24.3 Å². The van der Waals surface area contributed by atoms with E-state index in [-0.39, 0.29) is 5.54 Å². The van der Waals surface area contributed by atoms with E-state index in [4.69, 9.17) is 9.97 Å². The lowest BCUT2D eigenvalue weighted by molar-refractivity contribution is 0.0632. The SMILES string of the molecule is CCc1nc2c(C)cc(C)nc2n1Cc1ccc(/C=C/CCN2CCN(C(C)(C)C)CC2)cc1. The smallest absolute Gasteiger partial charge is 0.160 e. The average Bonchev–Trinajstić information content (AvgIpc) is 3.15. The van der Waals surface area contributed by atoms with Gasteiger partial charge in [0.2, 0.25) is 0 Å². The van der Waals surface area contributed by atoms with Crippen LogP contribution in [0.25, 0.3) is 17.2 Å². The van der Waals surface area contributed by atoms with Crippen LogP contribution in [0.15, 0.2) is 36.4 Å². The Bertz CT molecular complexity index is 1130. The molecule has 0 amide bonds. The van der Waals surface area contributed by atoms with Crippen LogP contribution in [0.4, 0.5) is 0 Å². The van der Waals surface area contributed by atoms with Crippen LogP contribution in [0.1, 0.15) is 62.3 Å². The molecular formula is C29H41N5. The van der Waals surface area contributed by atoms with Gasteiger partial charge >= 0.3 is 0 Å². The summed E-state index contributed by atoms with van der Waals surface area (Å²) in [5.41, 5.74) is 7.11. The number of pyridine rings is 1. The highest BCUT2D eigenvalue weighted by molar-refractivity contribution is 5.76. The summed E-state index contributed by atoms with van der Waals surface area (Å²) < 4.78 is 2.28. The molecule has 1 fully saturated rings. The zero-order chi connectivity index (χ0) is 24.3. The fourth-order valence-electron chi connectivity index (χ4n) is 4.92.